The SMILES string of the molecule is CCN(CC(C)C#N)C(=O)Nc1ccc(C(F)(F)F)cc1. The van der Waals surface area contributed by atoms with Gasteiger partial charge in [0.2, 0.25) is 0 Å². The van der Waals surface area contributed by atoms with Crippen LogP contribution in [0.5, 0.6) is 0 Å². The van der Waals surface area contributed by atoms with Gasteiger partial charge in [0.25, 0.3) is 0 Å². The first-order valence-corrected chi connectivity index (χ1v) is 6.40. The van der Waals surface area contributed by atoms with E-state index in [4.69, 9.17) is 5.26 Å². The Hall–Kier alpha value is -2.23. The standard InChI is InChI=1S/C14H16F3N3O/c1-3-20(9-10(2)8-18)13(21)19-12-6-4-11(5-7-12)14(15,16)17/h4-7,10H,3,9H2,1-2H3,(H,19,21). The molecule has 0 aliphatic rings. The van der Waals surface area contributed by atoms with E-state index in [2.05, 4.69) is 5.32 Å². The molecule has 7 heteroatoms. The summed E-state index contributed by atoms with van der Waals surface area (Å²) in [5.74, 6) is -0.316. The van der Waals surface area contributed by atoms with Gasteiger partial charge in [-0.05, 0) is 38.1 Å². The molecule has 0 radical (unpaired) electrons. The fourth-order valence-electron chi connectivity index (χ4n) is 1.67. The quantitative estimate of drug-likeness (QED) is 0.921. The lowest BCUT2D eigenvalue weighted by Gasteiger charge is -2.22. The van der Waals surface area contributed by atoms with Crippen LogP contribution in [-0.4, -0.2) is 24.0 Å². The second-order valence-corrected chi connectivity index (χ2v) is 4.57. The van der Waals surface area contributed by atoms with Crippen molar-refractivity contribution >= 4 is 11.7 Å². The third kappa shape index (κ3) is 4.99. The number of anilines is 1. The molecule has 0 aliphatic heterocycles. The molecule has 0 saturated carbocycles. The van der Waals surface area contributed by atoms with Gasteiger partial charge >= 0.3 is 12.2 Å². The lowest BCUT2D eigenvalue weighted by molar-refractivity contribution is -0.137. The highest BCUT2D eigenvalue weighted by molar-refractivity contribution is 5.89. The molecule has 0 fully saturated rings. The van der Waals surface area contributed by atoms with Crippen molar-refractivity contribution in [1.29, 1.82) is 5.26 Å². The van der Waals surface area contributed by atoms with Crippen LogP contribution in [-0.2, 0) is 6.18 Å². The van der Waals surface area contributed by atoms with Crippen molar-refractivity contribution < 1.29 is 18.0 Å². The van der Waals surface area contributed by atoms with Gasteiger partial charge in [-0.2, -0.15) is 18.4 Å². The number of carbonyl (C=O) groups is 1. The molecule has 0 heterocycles. The van der Waals surface area contributed by atoms with Gasteiger partial charge in [-0.3, -0.25) is 0 Å². The Morgan fingerprint density at radius 3 is 2.38 bits per heavy atom. The number of benzene rings is 1. The van der Waals surface area contributed by atoms with Crippen molar-refractivity contribution in [2.75, 3.05) is 18.4 Å². The number of nitrogens with zero attached hydrogens (tertiary/aromatic N) is 2. The maximum Gasteiger partial charge on any atom is 0.416 e. The molecule has 1 aromatic carbocycles. The third-order valence-electron chi connectivity index (χ3n) is 2.85. The normalized spacial score (nSPS) is 12.4. The predicted molar refractivity (Wildman–Crippen MR) is 72.5 cm³/mol. The minimum Gasteiger partial charge on any atom is -0.324 e. The largest absolute Gasteiger partial charge is 0.416 e. The summed E-state index contributed by atoms with van der Waals surface area (Å²) in [6, 6.07) is 5.79. The Balaban J connectivity index is 2.72. The van der Waals surface area contributed by atoms with Crippen LogP contribution in [0, 0.1) is 17.2 Å². The highest BCUT2D eigenvalue weighted by Crippen LogP contribution is 2.29. The number of carbonyl (C=O) groups excluding carboxylic acids is 1. The first kappa shape index (κ1) is 16.8. The van der Waals surface area contributed by atoms with E-state index in [1.807, 2.05) is 6.07 Å². The van der Waals surface area contributed by atoms with Crippen LogP contribution in [0.3, 0.4) is 0 Å². The zero-order valence-electron chi connectivity index (χ0n) is 11.7. The van der Waals surface area contributed by atoms with Crippen LogP contribution < -0.4 is 5.32 Å². The number of rotatable bonds is 4. The monoisotopic (exact) mass is 299 g/mol. The minimum absolute atomic E-state index is 0.263. The summed E-state index contributed by atoms with van der Waals surface area (Å²) in [6.07, 6.45) is -4.40. The molecule has 1 atom stereocenters. The molecule has 21 heavy (non-hydrogen) atoms. The maximum absolute atomic E-state index is 12.4. The van der Waals surface area contributed by atoms with E-state index >= 15 is 0 Å². The van der Waals surface area contributed by atoms with Crippen molar-refractivity contribution in [2.24, 2.45) is 5.92 Å². The lowest BCUT2D eigenvalue weighted by Crippen LogP contribution is -2.37. The second-order valence-electron chi connectivity index (χ2n) is 4.57. The zero-order chi connectivity index (χ0) is 16.0. The van der Waals surface area contributed by atoms with E-state index < -0.39 is 17.8 Å². The number of hydrogen-bond donors (Lipinski definition) is 1. The molecule has 1 N–H and O–H groups in total. The fourth-order valence-corrected chi connectivity index (χ4v) is 1.67. The molecule has 4 nitrogen and oxygen atoms in total. The summed E-state index contributed by atoms with van der Waals surface area (Å²) in [5, 5.41) is 11.3. The van der Waals surface area contributed by atoms with Gasteiger partial charge in [0.05, 0.1) is 17.6 Å². The Kier molecular flexibility index (Phi) is 5.59. The first-order valence-electron chi connectivity index (χ1n) is 6.40. The van der Waals surface area contributed by atoms with E-state index in [-0.39, 0.29) is 18.2 Å². The number of hydrogen-bond acceptors (Lipinski definition) is 2. The van der Waals surface area contributed by atoms with Crippen molar-refractivity contribution in [3.05, 3.63) is 29.8 Å². The number of nitriles is 1. The van der Waals surface area contributed by atoms with Gasteiger partial charge in [0.1, 0.15) is 0 Å². The Morgan fingerprint density at radius 1 is 1.38 bits per heavy atom. The van der Waals surface area contributed by atoms with Gasteiger partial charge in [0, 0.05) is 18.8 Å². The number of urea groups is 1. The van der Waals surface area contributed by atoms with E-state index in [0.29, 0.717) is 6.54 Å². The molecule has 0 aliphatic carbocycles. The van der Waals surface area contributed by atoms with Crippen molar-refractivity contribution in [2.45, 2.75) is 20.0 Å². The molecule has 1 unspecified atom stereocenters. The summed E-state index contributed by atoms with van der Waals surface area (Å²) in [7, 11) is 0. The molecule has 0 saturated heterocycles. The van der Waals surface area contributed by atoms with E-state index in [9.17, 15) is 18.0 Å². The average Bonchev–Trinajstić information content (AvgIpc) is 2.43. The molecule has 0 bridgehead atoms. The lowest BCUT2D eigenvalue weighted by atomic mass is 10.2. The number of halogens is 3. The van der Waals surface area contributed by atoms with Gasteiger partial charge < -0.3 is 10.2 Å². The zero-order valence-corrected chi connectivity index (χ0v) is 11.7. The molecule has 1 rings (SSSR count). The minimum atomic E-state index is -4.40. The molecule has 114 valence electrons. The molecular weight excluding hydrogens is 283 g/mol. The van der Waals surface area contributed by atoms with E-state index in [0.717, 1.165) is 12.1 Å². The highest BCUT2D eigenvalue weighted by atomic mass is 19.4. The van der Waals surface area contributed by atoms with Crippen LogP contribution in [0.4, 0.5) is 23.7 Å². The van der Waals surface area contributed by atoms with Gasteiger partial charge in [-0.25, -0.2) is 4.79 Å². The fraction of sp³-hybridized carbons (Fsp3) is 0.429. The predicted octanol–water partition coefficient (Wildman–Crippen LogP) is 3.72. The summed E-state index contributed by atoms with van der Waals surface area (Å²) < 4.78 is 37.3. The van der Waals surface area contributed by atoms with Crippen LogP contribution >= 0.6 is 0 Å². The smallest absolute Gasteiger partial charge is 0.324 e. The van der Waals surface area contributed by atoms with Gasteiger partial charge in [-0.15, -0.1) is 0 Å². The maximum atomic E-state index is 12.4. The molecule has 1 aromatic rings. The van der Waals surface area contributed by atoms with Crippen molar-refractivity contribution in [1.82, 2.24) is 4.90 Å². The molecule has 0 spiro atoms. The number of amides is 2. The second kappa shape index (κ2) is 6.97. The van der Waals surface area contributed by atoms with Crippen molar-refractivity contribution in [3.63, 3.8) is 0 Å². The molecular formula is C14H16F3N3O. The molecule has 2 amide bonds. The first-order chi connectivity index (χ1) is 9.77. The summed E-state index contributed by atoms with van der Waals surface area (Å²) in [5.41, 5.74) is -0.498. The summed E-state index contributed by atoms with van der Waals surface area (Å²) in [4.78, 5) is 13.4. The third-order valence-corrected chi connectivity index (χ3v) is 2.85. The summed E-state index contributed by atoms with van der Waals surface area (Å²) in [6.45, 7) is 4.11. The van der Waals surface area contributed by atoms with Crippen LogP contribution in [0.15, 0.2) is 24.3 Å². The van der Waals surface area contributed by atoms with Gasteiger partial charge in [0.15, 0.2) is 0 Å². The van der Waals surface area contributed by atoms with Crippen LogP contribution in [0.2, 0.25) is 0 Å². The summed E-state index contributed by atoms with van der Waals surface area (Å²) >= 11 is 0. The topological polar surface area (TPSA) is 56.1 Å². The van der Waals surface area contributed by atoms with E-state index in [1.54, 1.807) is 13.8 Å². The van der Waals surface area contributed by atoms with Crippen LogP contribution in [0.25, 0.3) is 0 Å². The van der Waals surface area contributed by atoms with Gasteiger partial charge in [-0.1, -0.05) is 0 Å². The number of alkyl halides is 3. The number of nitrogens with one attached hydrogen (secondary N) is 1. The molecule has 0 aromatic heterocycles. The van der Waals surface area contributed by atoms with E-state index in [1.165, 1.54) is 17.0 Å². The van der Waals surface area contributed by atoms with Crippen LogP contribution in [0.1, 0.15) is 19.4 Å². The van der Waals surface area contributed by atoms with Crippen molar-refractivity contribution in [3.8, 4) is 6.07 Å². The Bertz CT molecular complexity index is 520. The Morgan fingerprint density at radius 2 is 1.95 bits per heavy atom. The Labute approximate surface area is 121 Å². The average molecular weight is 299 g/mol. The highest BCUT2D eigenvalue weighted by Gasteiger charge is 2.30.